The van der Waals surface area contributed by atoms with E-state index in [2.05, 4.69) is 20.6 Å². The van der Waals surface area contributed by atoms with E-state index in [1.165, 1.54) is 4.52 Å². The molecule has 0 aliphatic heterocycles. The third-order valence-electron chi connectivity index (χ3n) is 5.91. The average Bonchev–Trinajstić information content (AvgIpc) is 3.29. The Morgan fingerprint density at radius 2 is 1.86 bits per heavy atom. The van der Waals surface area contributed by atoms with Gasteiger partial charge in [0.25, 0.3) is 0 Å². The molecule has 0 unspecified atom stereocenters. The van der Waals surface area contributed by atoms with Crippen LogP contribution in [-0.2, 0) is 16.4 Å². The summed E-state index contributed by atoms with van der Waals surface area (Å²) >= 11 is 6.27. The topological polar surface area (TPSA) is 98.5 Å². The van der Waals surface area contributed by atoms with Crippen molar-refractivity contribution >= 4 is 43.8 Å². The smallest absolute Gasteiger partial charge is 0.229 e. The van der Waals surface area contributed by atoms with Gasteiger partial charge in [0.1, 0.15) is 11.6 Å². The van der Waals surface area contributed by atoms with Crippen LogP contribution in [0.15, 0.2) is 70.6 Å². The van der Waals surface area contributed by atoms with Gasteiger partial charge in [-0.1, -0.05) is 35.0 Å². The molecule has 2 heterocycles. The van der Waals surface area contributed by atoms with E-state index in [0.29, 0.717) is 28.3 Å². The number of fused-ring (bicyclic) bond motifs is 3. The van der Waals surface area contributed by atoms with Crippen LogP contribution in [0.4, 0.5) is 5.82 Å². The van der Waals surface area contributed by atoms with Crippen LogP contribution >= 0.6 is 11.6 Å². The molecule has 2 aromatic heterocycles. The van der Waals surface area contributed by atoms with E-state index in [-0.39, 0.29) is 15.6 Å². The number of hydrogen-bond acceptors (Lipinski definition) is 7. The molecule has 0 bridgehead atoms. The van der Waals surface area contributed by atoms with Crippen LogP contribution in [0.2, 0.25) is 5.02 Å². The fourth-order valence-corrected chi connectivity index (χ4v) is 5.33. The lowest BCUT2D eigenvalue weighted by atomic mass is 10.1. The molecule has 8 nitrogen and oxygen atoms in total. The van der Waals surface area contributed by atoms with Crippen LogP contribution in [0, 0.1) is 13.8 Å². The third kappa shape index (κ3) is 4.17. The van der Waals surface area contributed by atoms with Crippen LogP contribution in [0.25, 0.3) is 16.6 Å². The first-order chi connectivity index (χ1) is 16.8. The maximum absolute atomic E-state index is 13.5. The van der Waals surface area contributed by atoms with Gasteiger partial charge in [-0.2, -0.15) is 4.52 Å². The zero-order chi connectivity index (χ0) is 24.7. The Morgan fingerprint density at radius 1 is 1.03 bits per heavy atom. The van der Waals surface area contributed by atoms with Crippen molar-refractivity contribution in [1.29, 1.82) is 0 Å². The number of benzene rings is 3. The molecule has 10 heteroatoms. The van der Waals surface area contributed by atoms with Crippen molar-refractivity contribution in [3.63, 3.8) is 0 Å². The number of sulfone groups is 1. The molecule has 0 atom stereocenters. The van der Waals surface area contributed by atoms with Crippen LogP contribution in [-0.4, -0.2) is 35.3 Å². The zero-order valence-corrected chi connectivity index (χ0v) is 20.9. The maximum atomic E-state index is 13.5. The summed E-state index contributed by atoms with van der Waals surface area (Å²) < 4.78 is 33.8. The summed E-state index contributed by atoms with van der Waals surface area (Å²) in [7, 11) is -2.35. The molecule has 35 heavy (non-hydrogen) atoms. The number of nitrogens with one attached hydrogen (secondary N) is 1. The van der Waals surface area contributed by atoms with E-state index in [9.17, 15) is 8.42 Å². The largest absolute Gasteiger partial charge is 0.497 e. The van der Waals surface area contributed by atoms with Crippen molar-refractivity contribution in [2.24, 2.45) is 0 Å². The summed E-state index contributed by atoms with van der Waals surface area (Å²) in [5.74, 6) is 1.21. The lowest BCUT2D eigenvalue weighted by Crippen LogP contribution is -2.07. The summed E-state index contributed by atoms with van der Waals surface area (Å²) in [6.45, 7) is 4.23. The van der Waals surface area contributed by atoms with Crippen molar-refractivity contribution in [1.82, 2.24) is 19.8 Å². The van der Waals surface area contributed by atoms with E-state index >= 15 is 0 Å². The minimum atomic E-state index is -3.96. The van der Waals surface area contributed by atoms with E-state index < -0.39 is 9.84 Å². The Kier molecular flexibility index (Phi) is 5.82. The maximum Gasteiger partial charge on any atom is 0.229 e. The lowest BCUT2D eigenvalue weighted by molar-refractivity contribution is 0.414. The Morgan fingerprint density at radius 3 is 2.63 bits per heavy atom. The highest BCUT2D eigenvalue weighted by Crippen LogP contribution is 2.30. The predicted octanol–water partition coefficient (Wildman–Crippen LogP) is 5.00. The van der Waals surface area contributed by atoms with Gasteiger partial charge in [0, 0.05) is 17.0 Å². The van der Waals surface area contributed by atoms with Gasteiger partial charge in [-0.3, -0.25) is 0 Å². The molecular weight excluding hydrogens is 486 g/mol. The van der Waals surface area contributed by atoms with Gasteiger partial charge in [0.15, 0.2) is 5.65 Å². The van der Waals surface area contributed by atoms with Gasteiger partial charge in [0.2, 0.25) is 14.9 Å². The number of aromatic nitrogens is 4. The molecule has 1 N–H and O–H groups in total. The summed E-state index contributed by atoms with van der Waals surface area (Å²) in [4.78, 5) is 4.80. The minimum Gasteiger partial charge on any atom is -0.497 e. The zero-order valence-electron chi connectivity index (χ0n) is 19.3. The Bertz CT molecular complexity index is 1700. The van der Waals surface area contributed by atoms with Crippen molar-refractivity contribution < 1.29 is 13.2 Å². The summed E-state index contributed by atoms with van der Waals surface area (Å²) in [6, 6.07) is 17.9. The highest BCUT2D eigenvalue weighted by atomic mass is 35.5. The van der Waals surface area contributed by atoms with E-state index in [0.717, 1.165) is 22.4 Å². The molecule has 0 saturated heterocycles. The molecule has 0 aliphatic carbocycles. The summed E-state index contributed by atoms with van der Waals surface area (Å²) in [5, 5.41) is 12.5. The monoisotopic (exact) mass is 507 g/mol. The standard InChI is InChI=1S/C25H22ClN5O3S/c1-15-7-9-20(11-16(15)2)35(32,33)25-24-28-23(27-14-17-5-4-6-19(12-17)34-3)21-13-18(26)8-10-22(21)31(24)30-29-25/h4-13H,14H2,1-3H3,(H,27,28). The van der Waals surface area contributed by atoms with Crippen molar-refractivity contribution in [2.75, 3.05) is 12.4 Å². The first-order valence-corrected chi connectivity index (χ1v) is 12.7. The molecule has 178 valence electrons. The van der Waals surface area contributed by atoms with Crippen molar-refractivity contribution in [2.45, 2.75) is 30.3 Å². The summed E-state index contributed by atoms with van der Waals surface area (Å²) in [6.07, 6.45) is 0. The molecular formula is C25H22ClN5O3S. The SMILES string of the molecule is COc1cccc(CNc2nc3c(S(=O)(=O)c4ccc(C)c(C)c4)nnn3c3ccc(Cl)cc23)c1. The molecule has 3 aromatic carbocycles. The Balaban J connectivity index is 1.65. The van der Waals surface area contributed by atoms with E-state index in [4.69, 9.17) is 16.3 Å². The lowest BCUT2D eigenvalue weighted by Gasteiger charge is -2.12. The Labute approximate surface area is 207 Å². The fourth-order valence-electron chi connectivity index (χ4n) is 3.84. The quantitative estimate of drug-likeness (QED) is 0.345. The second kappa shape index (κ2) is 8.83. The molecule has 5 aromatic rings. The van der Waals surface area contributed by atoms with Gasteiger partial charge in [-0.05, 0) is 73.0 Å². The predicted molar refractivity (Wildman–Crippen MR) is 135 cm³/mol. The number of nitrogens with zero attached hydrogens (tertiary/aromatic N) is 4. The van der Waals surface area contributed by atoms with Crippen molar-refractivity contribution in [3.8, 4) is 5.75 Å². The molecule has 0 fully saturated rings. The fraction of sp³-hybridized carbons (Fsp3) is 0.160. The number of aryl methyl sites for hydroxylation is 2. The molecule has 0 radical (unpaired) electrons. The number of ether oxygens (including phenoxy) is 1. The van der Waals surface area contributed by atoms with Gasteiger partial charge in [-0.15, -0.1) is 5.10 Å². The van der Waals surface area contributed by atoms with Gasteiger partial charge in [-0.25, -0.2) is 13.4 Å². The molecule has 0 aliphatic rings. The van der Waals surface area contributed by atoms with Gasteiger partial charge in [0.05, 0.1) is 17.5 Å². The van der Waals surface area contributed by atoms with Crippen LogP contribution in [0.1, 0.15) is 16.7 Å². The van der Waals surface area contributed by atoms with Crippen LogP contribution in [0.5, 0.6) is 5.75 Å². The molecule has 0 saturated carbocycles. The normalized spacial score (nSPS) is 11.8. The highest BCUT2D eigenvalue weighted by Gasteiger charge is 2.27. The number of halogens is 1. The van der Waals surface area contributed by atoms with Gasteiger partial charge < -0.3 is 10.1 Å². The minimum absolute atomic E-state index is 0.131. The number of rotatable bonds is 6. The first-order valence-electron chi connectivity index (χ1n) is 10.8. The summed E-state index contributed by atoms with van der Waals surface area (Å²) in [5.41, 5.74) is 3.60. The second-order valence-electron chi connectivity index (χ2n) is 8.21. The third-order valence-corrected chi connectivity index (χ3v) is 7.80. The van der Waals surface area contributed by atoms with E-state index in [1.807, 2.05) is 38.1 Å². The molecule has 0 amide bonds. The van der Waals surface area contributed by atoms with Crippen LogP contribution < -0.4 is 10.1 Å². The number of methoxy groups -OCH3 is 1. The number of hydrogen-bond donors (Lipinski definition) is 1. The second-order valence-corrected chi connectivity index (χ2v) is 10.5. The average molecular weight is 508 g/mol. The Hall–Kier alpha value is -3.69. The van der Waals surface area contributed by atoms with E-state index in [1.54, 1.807) is 43.5 Å². The van der Waals surface area contributed by atoms with Crippen LogP contribution in [0.3, 0.4) is 0 Å². The van der Waals surface area contributed by atoms with Gasteiger partial charge >= 0.3 is 0 Å². The molecule has 0 spiro atoms. The number of anilines is 1. The first kappa shape index (κ1) is 23.1. The van der Waals surface area contributed by atoms with Crippen molar-refractivity contribution in [3.05, 3.63) is 82.4 Å². The molecule has 5 rings (SSSR count). The highest BCUT2D eigenvalue weighted by molar-refractivity contribution is 7.91.